The van der Waals surface area contributed by atoms with Crippen LogP contribution in [0.15, 0.2) is 40.3 Å². The fraction of sp³-hybridized carbons (Fsp3) is 0.389. The molecule has 0 radical (unpaired) electrons. The Morgan fingerprint density at radius 3 is 2.56 bits per heavy atom. The Hall–Kier alpha value is -2.12. The van der Waals surface area contributed by atoms with Crippen LogP contribution in [0, 0.1) is 0 Å². The predicted octanol–water partition coefficient (Wildman–Crippen LogP) is 3.16. The van der Waals surface area contributed by atoms with Crippen molar-refractivity contribution in [1.29, 1.82) is 0 Å². The van der Waals surface area contributed by atoms with Crippen LogP contribution < -0.4 is 10.9 Å². The third-order valence-corrected chi connectivity index (χ3v) is 4.55. The van der Waals surface area contributed by atoms with Crippen molar-refractivity contribution in [2.75, 3.05) is 12.4 Å². The molecule has 0 aliphatic rings. The highest BCUT2D eigenvalue weighted by Crippen LogP contribution is 2.21. The summed E-state index contributed by atoms with van der Waals surface area (Å²) in [7, 11) is 1.54. The second-order valence-corrected chi connectivity index (χ2v) is 7.33. The molecule has 0 bridgehead atoms. The number of amides is 1. The molecule has 1 unspecified atom stereocenters. The van der Waals surface area contributed by atoms with Gasteiger partial charge in [-0.05, 0) is 30.5 Å². The number of aromatic nitrogens is 2. The van der Waals surface area contributed by atoms with Crippen molar-refractivity contribution in [2.24, 2.45) is 0 Å². The number of nitrogens with zero attached hydrogens (tertiary/aromatic N) is 1. The second kappa shape index (κ2) is 8.82. The van der Waals surface area contributed by atoms with E-state index in [4.69, 9.17) is 4.74 Å². The number of methoxy groups -OCH3 is 1. The van der Waals surface area contributed by atoms with E-state index in [0.29, 0.717) is 16.8 Å². The van der Waals surface area contributed by atoms with E-state index in [1.807, 2.05) is 24.3 Å². The van der Waals surface area contributed by atoms with Crippen molar-refractivity contribution in [3.63, 3.8) is 0 Å². The molecule has 6 nitrogen and oxygen atoms in total. The zero-order valence-corrected chi connectivity index (χ0v) is 15.6. The number of carbonyl (C=O) groups excluding carboxylic acids is 1. The standard InChI is InChI=1S/C18H23N3O3S/c1-11(2)13-5-7-14(8-6-13)19-17(23)12(3)25-18-20-15(10-24-4)9-16(22)21-18/h5-9,11-12H,10H2,1-4H3,(H,19,23)(H,20,21,22). The molecule has 0 aliphatic carbocycles. The molecule has 1 heterocycles. The van der Waals surface area contributed by atoms with Crippen molar-refractivity contribution in [2.45, 2.75) is 43.7 Å². The molecule has 0 saturated heterocycles. The van der Waals surface area contributed by atoms with Crippen LogP contribution in [-0.4, -0.2) is 28.2 Å². The molecule has 1 amide bonds. The Bertz CT molecular complexity index is 772. The van der Waals surface area contributed by atoms with E-state index in [2.05, 4.69) is 29.1 Å². The number of anilines is 1. The van der Waals surface area contributed by atoms with Crippen LogP contribution in [0.1, 0.15) is 37.9 Å². The van der Waals surface area contributed by atoms with Gasteiger partial charge in [0.2, 0.25) is 5.91 Å². The zero-order chi connectivity index (χ0) is 18.4. The number of ether oxygens (including phenoxy) is 1. The van der Waals surface area contributed by atoms with Gasteiger partial charge in [-0.2, -0.15) is 0 Å². The summed E-state index contributed by atoms with van der Waals surface area (Å²) >= 11 is 1.20. The van der Waals surface area contributed by atoms with E-state index in [-0.39, 0.29) is 18.1 Å². The molecule has 2 rings (SSSR count). The number of carbonyl (C=O) groups is 1. The molecule has 0 spiro atoms. The Balaban J connectivity index is 2.01. The second-order valence-electron chi connectivity index (χ2n) is 6.00. The van der Waals surface area contributed by atoms with Gasteiger partial charge < -0.3 is 15.0 Å². The van der Waals surface area contributed by atoms with Crippen molar-refractivity contribution in [3.8, 4) is 0 Å². The number of hydrogen-bond acceptors (Lipinski definition) is 5. The first-order chi connectivity index (χ1) is 11.9. The molecule has 1 aromatic carbocycles. The van der Waals surface area contributed by atoms with Gasteiger partial charge in [0.25, 0.3) is 5.56 Å². The van der Waals surface area contributed by atoms with E-state index in [0.717, 1.165) is 5.69 Å². The van der Waals surface area contributed by atoms with Crippen molar-refractivity contribution in [1.82, 2.24) is 9.97 Å². The highest BCUT2D eigenvalue weighted by atomic mass is 32.2. The molecule has 7 heteroatoms. The number of nitrogens with one attached hydrogen (secondary N) is 2. The average molecular weight is 361 g/mol. The predicted molar refractivity (Wildman–Crippen MR) is 100 cm³/mol. The summed E-state index contributed by atoms with van der Waals surface area (Å²) in [6, 6.07) is 9.18. The lowest BCUT2D eigenvalue weighted by Crippen LogP contribution is -2.23. The maximum Gasteiger partial charge on any atom is 0.251 e. The fourth-order valence-corrected chi connectivity index (χ4v) is 3.01. The van der Waals surface area contributed by atoms with Crippen LogP contribution >= 0.6 is 11.8 Å². The van der Waals surface area contributed by atoms with Gasteiger partial charge in [-0.25, -0.2) is 4.98 Å². The van der Waals surface area contributed by atoms with E-state index < -0.39 is 5.25 Å². The zero-order valence-electron chi connectivity index (χ0n) is 14.8. The molecule has 2 aromatic rings. The molecule has 0 fully saturated rings. The van der Waals surface area contributed by atoms with Gasteiger partial charge in [0.05, 0.1) is 17.6 Å². The Kier molecular flexibility index (Phi) is 6.78. The maximum atomic E-state index is 12.4. The van der Waals surface area contributed by atoms with Gasteiger partial charge in [-0.1, -0.05) is 37.7 Å². The molecular weight excluding hydrogens is 338 g/mol. The van der Waals surface area contributed by atoms with Gasteiger partial charge in [0.15, 0.2) is 5.16 Å². The average Bonchev–Trinajstić information content (AvgIpc) is 2.55. The van der Waals surface area contributed by atoms with Gasteiger partial charge in [0, 0.05) is 18.9 Å². The van der Waals surface area contributed by atoms with Gasteiger partial charge in [0.1, 0.15) is 0 Å². The number of rotatable bonds is 7. The smallest absolute Gasteiger partial charge is 0.251 e. The van der Waals surface area contributed by atoms with Crippen LogP contribution in [0.2, 0.25) is 0 Å². The molecule has 134 valence electrons. The van der Waals surface area contributed by atoms with Gasteiger partial charge in [-0.15, -0.1) is 0 Å². The normalized spacial score (nSPS) is 12.2. The number of aromatic amines is 1. The fourth-order valence-electron chi connectivity index (χ4n) is 2.18. The SMILES string of the molecule is COCc1cc(=O)[nH]c(SC(C)C(=O)Nc2ccc(C(C)C)cc2)n1. The lowest BCUT2D eigenvalue weighted by molar-refractivity contribution is -0.115. The van der Waals surface area contributed by atoms with Gasteiger partial charge >= 0.3 is 0 Å². The Morgan fingerprint density at radius 1 is 1.28 bits per heavy atom. The lowest BCUT2D eigenvalue weighted by Gasteiger charge is -2.13. The van der Waals surface area contributed by atoms with E-state index in [1.165, 1.54) is 30.5 Å². The molecular formula is C18H23N3O3S. The first-order valence-corrected chi connectivity index (χ1v) is 8.93. The summed E-state index contributed by atoms with van der Waals surface area (Å²) in [6.45, 7) is 6.27. The third kappa shape index (κ3) is 5.72. The Morgan fingerprint density at radius 2 is 1.96 bits per heavy atom. The summed E-state index contributed by atoms with van der Waals surface area (Å²) in [5.41, 5.74) is 2.24. The largest absolute Gasteiger partial charge is 0.378 e. The third-order valence-electron chi connectivity index (χ3n) is 3.57. The summed E-state index contributed by atoms with van der Waals surface area (Å²) in [6.07, 6.45) is 0. The van der Waals surface area contributed by atoms with Crippen LogP contribution in [0.3, 0.4) is 0 Å². The number of hydrogen-bond donors (Lipinski definition) is 2. The quantitative estimate of drug-likeness (QED) is 0.584. The number of H-pyrrole nitrogens is 1. The first kappa shape index (κ1) is 19.2. The molecule has 0 aliphatic heterocycles. The number of thioether (sulfide) groups is 1. The highest BCUT2D eigenvalue weighted by molar-refractivity contribution is 8.00. The summed E-state index contributed by atoms with van der Waals surface area (Å²) < 4.78 is 4.99. The van der Waals surface area contributed by atoms with Crippen LogP contribution in [0.5, 0.6) is 0 Å². The van der Waals surface area contributed by atoms with Crippen molar-refractivity contribution >= 4 is 23.4 Å². The summed E-state index contributed by atoms with van der Waals surface area (Å²) in [4.78, 5) is 30.9. The van der Waals surface area contributed by atoms with E-state index >= 15 is 0 Å². The molecule has 0 saturated carbocycles. The van der Waals surface area contributed by atoms with Crippen molar-refractivity contribution < 1.29 is 9.53 Å². The first-order valence-electron chi connectivity index (χ1n) is 8.05. The molecule has 2 N–H and O–H groups in total. The molecule has 1 aromatic heterocycles. The summed E-state index contributed by atoms with van der Waals surface area (Å²) in [5.74, 6) is 0.295. The Labute approximate surface area is 151 Å². The minimum Gasteiger partial charge on any atom is -0.378 e. The highest BCUT2D eigenvalue weighted by Gasteiger charge is 2.16. The topological polar surface area (TPSA) is 84.1 Å². The molecule has 1 atom stereocenters. The minimum atomic E-state index is -0.411. The molecule has 25 heavy (non-hydrogen) atoms. The minimum absolute atomic E-state index is 0.151. The van der Waals surface area contributed by atoms with Crippen molar-refractivity contribution in [3.05, 3.63) is 51.9 Å². The lowest BCUT2D eigenvalue weighted by atomic mass is 10.0. The summed E-state index contributed by atoms with van der Waals surface area (Å²) in [5, 5.41) is 2.87. The number of benzene rings is 1. The van der Waals surface area contributed by atoms with Crippen LogP contribution in [-0.2, 0) is 16.1 Å². The van der Waals surface area contributed by atoms with E-state index in [1.54, 1.807) is 6.92 Å². The van der Waals surface area contributed by atoms with E-state index in [9.17, 15) is 9.59 Å². The maximum absolute atomic E-state index is 12.4. The van der Waals surface area contributed by atoms with Crippen LogP contribution in [0.4, 0.5) is 5.69 Å². The van der Waals surface area contributed by atoms with Gasteiger partial charge in [-0.3, -0.25) is 9.59 Å². The van der Waals surface area contributed by atoms with Crippen LogP contribution in [0.25, 0.3) is 0 Å². The monoisotopic (exact) mass is 361 g/mol.